The van der Waals surface area contributed by atoms with Gasteiger partial charge in [0, 0.05) is 23.7 Å². The van der Waals surface area contributed by atoms with Crippen molar-refractivity contribution in [3.63, 3.8) is 0 Å². The van der Waals surface area contributed by atoms with Gasteiger partial charge in [-0.1, -0.05) is 23.7 Å². The Morgan fingerprint density at radius 1 is 1.41 bits per heavy atom. The number of fused-ring (bicyclic) bond motifs is 3. The maximum Gasteiger partial charge on any atom is 0.490 e. The number of nitrogens with one attached hydrogen (secondary N) is 1. The fourth-order valence-corrected chi connectivity index (χ4v) is 3.41. The Labute approximate surface area is 186 Å². The van der Waals surface area contributed by atoms with Crippen LogP contribution in [0.3, 0.4) is 0 Å². The van der Waals surface area contributed by atoms with Crippen LogP contribution in [-0.4, -0.2) is 33.3 Å². The van der Waals surface area contributed by atoms with Gasteiger partial charge in [0.05, 0.1) is 23.2 Å². The van der Waals surface area contributed by atoms with Crippen LogP contribution in [0.5, 0.6) is 5.75 Å². The number of rotatable bonds is 3. The number of aliphatic carboxylic acids is 1. The quantitative estimate of drug-likeness (QED) is 0.592. The number of ether oxygens (including phenoxy) is 1. The van der Waals surface area contributed by atoms with E-state index in [0.717, 1.165) is 41.3 Å². The highest BCUT2D eigenvalue weighted by atomic mass is 35.5. The number of imidazole rings is 1. The molecule has 168 valence electrons. The lowest BCUT2D eigenvalue weighted by Gasteiger charge is -2.21. The molecule has 1 aromatic heterocycles. The molecule has 4 rings (SSSR count). The van der Waals surface area contributed by atoms with Gasteiger partial charge in [0.2, 0.25) is 0 Å². The molecule has 2 heterocycles. The fraction of sp³-hybridized carbons (Fsp3) is 0.286. The average molecular weight is 467 g/mol. The first-order valence-electron chi connectivity index (χ1n) is 9.45. The number of alkyl halides is 3. The minimum Gasteiger partial charge on any atom is -0.487 e. The van der Waals surface area contributed by atoms with Gasteiger partial charge in [-0.3, -0.25) is 0 Å². The molecule has 0 spiro atoms. The summed E-state index contributed by atoms with van der Waals surface area (Å²) in [5.74, 6) is -1.00. The van der Waals surface area contributed by atoms with Crippen molar-refractivity contribution in [2.24, 2.45) is 0 Å². The molecule has 7 nitrogen and oxygen atoms in total. The molecule has 3 aromatic rings. The molecule has 0 aliphatic carbocycles. The van der Waals surface area contributed by atoms with Crippen LogP contribution in [-0.2, 0) is 17.9 Å². The number of carbonyl (C=O) groups is 1. The predicted molar refractivity (Wildman–Crippen MR) is 110 cm³/mol. The normalized spacial score (nSPS) is 15.3. The molecule has 1 atom stereocenters. The SMILES string of the molecule is C[C@@H]1NCCn2c1nc1c(OCc3ccc(Cl)cc3C#N)cccc12.O=C(O)C(F)(F)F. The third-order valence-corrected chi connectivity index (χ3v) is 5.00. The maximum absolute atomic E-state index is 10.6. The van der Waals surface area contributed by atoms with E-state index >= 15 is 0 Å². The van der Waals surface area contributed by atoms with Gasteiger partial charge in [0.15, 0.2) is 0 Å². The Morgan fingerprint density at radius 3 is 2.78 bits per heavy atom. The minimum atomic E-state index is -5.08. The van der Waals surface area contributed by atoms with Crippen LogP contribution >= 0.6 is 11.6 Å². The van der Waals surface area contributed by atoms with E-state index in [1.54, 1.807) is 12.1 Å². The van der Waals surface area contributed by atoms with Crippen LogP contribution in [0.15, 0.2) is 36.4 Å². The lowest BCUT2D eigenvalue weighted by atomic mass is 10.1. The Hall–Kier alpha value is -3.29. The number of para-hydroxylation sites is 1. The Balaban J connectivity index is 0.000000360. The number of nitrogens with zero attached hydrogens (tertiary/aromatic N) is 3. The summed E-state index contributed by atoms with van der Waals surface area (Å²) in [7, 11) is 0. The van der Waals surface area contributed by atoms with Crippen molar-refractivity contribution in [1.82, 2.24) is 14.9 Å². The summed E-state index contributed by atoms with van der Waals surface area (Å²) in [4.78, 5) is 13.7. The zero-order valence-electron chi connectivity index (χ0n) is 16.8. The van der Waals surface area contributed by atoms with Crippen molar-refractivity contribution in [1.29, 1.82) is 5.26 Å². The lowest BCUT2D eigenvalue weighted by Crippen LogP contribution is -2.31. The highest BCUT2D eigenvalue weighted by Crippen LogP contribution is 2.30. The van der Waals surface area contributed by atoms with Crippen molar-refractivity contribution in [3.05, 3.63) is 58.4 Å². The van der Waals surface area contributed by atoms with E-state index in [2.05, 4.69) is 28.9 Å². The van der Waals surface area contributed by atoms with Gasteiger partial charge in [-0.2, -0.15) is 18.4 Å². The van der Waals surface area contributed by atoms with E-state index in [1.807, 2.05) is 18.2 Å². The zero-order chi connectivity index (χ0) is 23.5. The molecule has 11 heteroatoms. The summed E-state index contributed by atoms with van der Waals surface area (Å²) >= 11 is 5.95. The monoisotopic (exact) mass is 466 g/mol. The van der Waals surface area contributed by atoms with E-state index in [0.29, 0.717) is 17.2 Å². The first-order chi connectivity index (χ1) is 15.1. The number of halogens is 4. The summed E-state index contributed by atoms with van der Waals surface area (Å²) in [6.07, 6.45) is -5.08. The molecular weight excluding hydrogens is 449 g/mol. The second-order valence-corrected chi connectivity index (χ2v) is 7.36. The average Bonchev–Trinajstić information content (AvgIpc) is 3.13. The molecule has 2 aromatic carbocycles. The zero-order valence-corrected chi connectivity index (χ0v) is 17.5. The number of benzene rings is 2. The van der Waals surface area contributed by atoms with Crippen LogP contribution in [0.4, 0.5) is 13.2 Å². The molecule has 0 saturated heterocycles. The van der Waals surface area contributed by atoms with Gasteiger partial charge < -0.3 is 19.7 Å². The third kappa shape index (κ3) is 5.12. The van der Waals surface area contributed by atoms with Crippen LogP contribution in [0.25, 0.3) is 11.0 Å². The van der Waals surface area contributed by atoms with E-state index in [9.17, 15) is 18.4 Å². The molecule has 0 saturated carbocycles. The van der Waals surface area contributed by atoms with Crippen LogP contribution in [0.1, 0.15) is 29.9 Å². The number of carboxylic acids is 1. The van der Waals surface area contributed by atoms with Gasteiger partial charge in [-0.05, 0) is 31.2 Å². The van der Waals surface area contributed by atoms with Crippen molar-refractivity contribution < 1.29 is 27.8 Å². The smallest absolute Gasteiger partial charge is 0.487 e. The van der Waals surface area contributed by atoms with Crippen LogP contribution in [0.2, 0.25) is 5.02 Å². The summed E-state index contributed by atoms with van der Waals surface area (Å²) in [6.45, 7) is 4.25. The van der Waals surface area contributed by atoms with Crippen LogP contribution < -0.4 is 10.1 Å². The largest absolute Gasteiger partial charge is 0.490 e. The minimum absolute atomic E-state index is 0.218. The molecule has 0 unspecified atom stereocenters. The van der Waals surface area contributed by atoms with E-state index in [-0.39, 0.29) is 6.04 Å². The Bertz CT molecular complexity index is 1190. The number of nitriles is 1. The van der Waals surface area contributed by atoms with E-state index in [1.165, 1.54) is 0 Å². The molecule has 1 aliphatic heterocycles. The second kappa shape index (κ2) is 9.46. The third-order valence-electron chi connectivity index (χ3n) is 4.76. The van der Waals surface area contributed by atoms with Gasteiger partial charge in [-0.25, -0.2) is 9.78 Å². The van der Waals surface area contributed by atoms with Gasteiger partial charge in [0.25, 0.3) is 0 Å². The van der Waals surface area contributed by atoms with Gasteiger partial charge >= 0.3 is 12.1 Å². The molecule has 0 amide bonds. The van der Waals surface area contributed by atoms with Crippen molar-refractivity contribution >= 4 is 28.6 Å². The predicted octanol–water partition coefficient (Wildman–Crippen LogP) is 4.44. The first kappa shape index (κ1) is 23.4. The number of carboxylic acid groups (broad SMARTS) is 1. The van der Waals surface area contributed by atoms with E-state index < -0.39 is 12.1 Å². The molecular formula is C21H18ClF3N4O3. The molecule has 0 bridgehead atoms. The maximum atomic E-state index is 10.6. The molecule has 32 heavy (non-hydrogen) atoms. The van der Waals surface area contributed by atoms with Crippen molar-refractivity contribution in [3.8, 4) is 11.8 Å². The number of hydrogen-bond acceptors (Lipinski definition) is 5. The highest BCUT2D eigenvalue weighted by Gasteiger charge is 2.38. The number of hydrogen-bond donors (Lipinski definition) is 2. The Kier molecular flexibility index (Phi) is 6.91. The number of aromatic nitrogens is 2. The summed E-state index contributed by atoms with van der Waals surface area (Å²) in [5.41, 5.74) is 3.28. The standard InChI is InChI=1S/C19H17ClN4O.C2HF3O2/c1-12-19-23-18-16(24(19)8-7-22-12)3-2-4-17(18)25-11-13-5-6-15(20)9-14(13)10-21;3-2(4,5)1(6)7/h2-6,9,12,22H,7-8,11H2,1H3;(H,6,7)/t12-;/m0./s1. The second-order valence-electron chi connectivity index (χ2n) is 6.93. The van der Waals surface area contributed by atoms with Crippen molar-refractivity contribution in [2.45, 2.75) is 32.3 Å². The lowest BCUT2D eigenvalue weighted by molar-refractivity contribution is -0.192. The molecule has 0 fully saturated rings. The van der Waals surface area contributed by atoms with E-state index in [4.69, 9.17) is 31.2 Å². The topological polar surface area (TPSA) is 100 Å². The van der Waals surface area contributed by atoms with Crippen molar-refractivity contribution in [2.75, 3.05) is 6.54 Å². The first-order valence-corrected chi connectivity index (χ1v) is 9.83. The summed E-state index contributed by atoms with van der Waals surface area (Å²) < 4.78 is 40.0. The molecule has 1 aliphatic rings. The molecule has 0 radical (unpaired) electrons. The highest BCUT2D eigenvalue weighted by molar-refractivity contribution is 6.30. The van der Waals surface area contributed by atoms with Gasteiger partial charge in [-0.15, -0.1) is 0 Å². The van der Waals surface area contributed by atoms with Gasteiger partial charge in [0.1, 0.15) is 23.7 Å². The molecule has 2 N–H and O–H groups in total. The fourth-order valence-electron chi connectivity index (χ4n) is 3.24. The summed E-state index contributed by atoms with van der Waals surface area (Å²) in [6, 6.07) is 13.6. The summed E-state index contributed by atoms with van der Waals surface area (Å²) in [5, 5.41) is 20.4. The van der Waals surface area contributed by atoms with Crippen LogP contribution in [0, 0.1) is 11.3 Å². The Morgan fingerprint density at radius 2 is 2.12 bits per heavy atom.